The second-order valence-corrected chi connectivity index (χ2v) is 9.92. The number of benzene rings is 2. The van der Waals surface area contributed by atoms with E-state index in [0.29, 0.717) is 22.5 Å². The minimum atomic E-state index is -0.365. The van der Waals surface area contributed by atoms with Crippen molar-refractivity contribution in [2.75, 3.05) is 39.5 Å². The summed E-state index contributed by atoms with van der Waals surface area (Å²) < 4.78 is 5.60. The van der Waals surface area contributed by atoms with Crippen LogP contribution in [0.2, 0.25) is 0 Å². The SMILES string of the molecule is CCc1noc(C(C)N(C)C(=O)c2nc(-c3ccc(NCCN(C)C)c(C)c3)nc3ccc(O)cc23)c1C. The van der Waals surface area contributed by atoms with E-state index >= 15 is 0 Å². The molecule has 38 heavy (non-hydrogen) atoms. The maximum absolute atomic E-state index is 13.8. The minimum absolute atomic E-state index is 0.0428. The number of nitrogens with one attached hydrogen (secondary N) is 1. The fourth-order valence-corrected chi connectivity index (χ4v) is 4.45. The van der Waals surface area contributed by atoms with Crippen LogP contribution in [0.25, 0.3) is 22.3 Å². The van der Waals surface area contributed by atoms with Gasteiger partial charge in [0.1, 0.15) is 11.4 Å². The predicted molar refractivity (Wildman–Crippen MR) is 150 cm³/mol. The number of fused-ring (bicyclic) bond motifs is 1. The summed E-state index contributed by atoms with van der Waals surface area (Å²) in [6.07, 6.45) is 0.752. The molecule has 0 saturated heterocycles. The molecule has 200 valence electrons. The van der Waals surface area contributed by atoms with Gasteiger partial charge in [-0.15, -0.1) is 0 Å². The lowest BCUT2D eigenvalue weighted by atomic mass is 10.1. The fraction of sp³-hybridized carbons (Fsp3) is 0.379. The molecule has 2 N–H and O–H groups in total. The van der Waals surface area contributed by atoms with E-state index in [-0.39, 0.29) is 23.4 Å². The van der Waals surface area contributed by atoms with Crippen molar-refractivity contribution in [1.29, 1.82) is 0 Å². The molecule has 2 heterocycles. The highest BCUT2D eigenvalue weighted by Crippen LogP contribution is 2.30. The number of amides is 1. The summed E-state index contributed by atoms with van der Waals surface area (Å²) in [4.78, 5) is 27.0. The lowest BCUT2D eigenvalue weighted by Gasteiger charge is -2.24. The Bertz CT molecular complexity index is 1460. The molecule has 1 atom stereocenters. The van der Waals surface area contributed by atoms with E-state index in [0.717, 1.165) is 47.6 Å². The van der Waals surface area contributed by atoms with E-state index < -0.39 is 0 Å². The molecule has 1 amide bonds. The summed E-state index contributed by atoms with van der Waals surface area (Å²) in [5.74, 6) is 0.831. The van der Waals surface area contributed by atoms with Gasteiger partial charge in [0, 0.05) is 42.3 Å². The van der Waals surface area contributed by atoms with Crippen LogP contribution in [0.1, 0.15) is 53.0 Å². The predicted octanol–water partition coefficient (Wildman–Crippen LogP) is 4.98. The Labute approximate surface area is 223 Å². The summed E-state index contributed by atoms with van der Waals surface area (Å²) in [6.45, 7) is 9.66. The molecule has 0 spiro atoms. The van der Waals surface area contributed by atoms with Gasteiger partial charge < -0.3 is 24.7 Å². The van der Waals surface area contributed by atoms with Crippen molar-refractivity contribution in [3.63, 3.8) is 0 Å². The van der Waals surface area contributed by atoms with E-state index in [4.69, 9.17) is 14.5 Å². The number of carbonyl (C=O) groups is 1. The zero-order chi connectivity index (χ0) is 27.6. The number of aromatic nitrogens is 3. The molecule has 0 aliphatic rings. The number of likely N-dealkylation sites (N-methyl/N-ethyl adjacent to an activating group) is 1. The van der Waals surface area contributed by atoms with Crippen LogP contribution < -0.4 is 5.32 Å². The molecule has 4 rings (SSSR count). The third-order valence-corrected chi connectivity index (χ3v) is 6.91. The second kappa shape index (κ2) is 11.2. The van der Waals surface area contributed by atoms with E-state index in [9.17, 15) is 9.90 Å². The molecule has 0 aliphatic carbocycles. The lowest BCUT2D eigenvalue weighted by Crippen LogP contribution is -2.31. The van der Waals surface area contributed by atoms with Crippen LogP contribution in [0, 0.1) is 13.8 Å². The Morgan fingerprint density at radius 1 is 1.11 bits per heavy atom. The van der Waals surface area contributed by atoms with Crippen molar-refractivity contribution >= 4 is 22.5 Å². The van der Waals surface area contributed by atoms with Crippen LogP contribution in [0.3, 0.4) is 0 Å². The number of anilines is 1. The molecule has 0 aliphatic heterocycles. The van der Waals surface area contributed by atoms with Crippen LogP contribution in [0.15, 0.2) is 40.9 Å². The van der Waals surface area contributed by atoms with Crippen LogP contribution in [-0.4, -0.2) is 70.2 Å². The highest BCUT2D eigenvalue weighted by molar-refractivity contribution is 6.05. The molecule has 0 saturated carbocycles. The number of hydrogen-bond donors (Lipinski definition) is 2. The van der Waals surface area contributed by atoms with Crippen molar-refractivity contribution in [3.8, 4) is 17.1 Å². The van der Waals surface area contributed by atoms with Crippen molar-refractivity contribution < 1.29 is 14.4 Å². The summed E-state index contributed by atoms with van der Waals surface area (Å²) in [6, 6.07) is 10.4. The number of nitrogens with zero attached hydrogens (tertiary/aromatic N) is 5. The first-order chi connectivity index (χ1) is 18.1. The van der Waals surface area contributed by atoms with Crippen molar-refractivity contribution in [3.05, 3.63) is 64.7 Å². The molecule has 1 unspecified atom stereocenters. The lowest BCUT2D eigenvalue weighted by molar-refractivity contribution is 0.0716. The first-order valence-corrected chi connectivity index (χ1v) is 12.8. The minimum Gasteiger partial charge on any atom is -0.508 e. The molecule has 0 radical (unpaired) electrons. The summed E-state index contributed by atoms with van der Waals surface area (Å²) in [5.41, 5.74) is 5.52. The highest BCUT2D eigenvalue weighted by atomic mass is 16.5. The van der Waals surface area contributed by atoms with Gasteiger partial charge in [-0.2, -0.15) is 0 Å². The monoisotopic (exact) mass is 516 g/mol. The Kier molecular flexibility index (Phi) is 7.97. The second-order valence-electron chi connectivity index (χ2n) is 9.92. The molecule has 9 heteroatoms. The third kappa shape index (κ3) is 5.47. The van der Waals surface area contributed by atoms with Gasteiger partial charge in [0.15, 0.2) is 11.6 Å². The van der Waals surface area contributed by atoms with Crippen molar-refractivity contribution in [1.82, 2.24) is 24.9 Å². The number of phenols is 1. The first kappa shape index (κ1) is 27.1. The van der Waals surface area contributed by atoms with Crippen LogP contribution in [0.5, 0.6) is 5.75 Å². The topological polar surface area (TPSA) is 108 Å². The summed E-state index contributed by atoms with van der Waals surface area (Å²) in [5, 5.41) is 18.3. The zero-order valence-electron chi connectivity index (χ0n) is 23.2. The normalized spacial score (nSPS) is 12.2. The number of aryl methyl sites for hydroxylation is 2. The highest BCUT2D eigenvalue weighted by Gasteiger charge is 2.27. The molecule has 2 aromatic heterocycles. The molecular weight excluding hydrogens is 480 g/mol. The number of hydrogen-bond acceptors (Lipinski definition) is 8. The van der Waals surface area contributed by atoms with E-state index in [1.54, 1.807) is 24.1 Å². The van der Waals surface area contributed by atoms with Gasteiger partial charge in [0.2, 0.25) is 0 Å². The van der Waals surface area contributed by atoms with Crippen LogP contribution in [-0.2, 0) is 6.42 Å². The molecular formula is C29H36N6O3. The van der Waals surface area contributed by atoms with Gasteiger partial charge in [-0.05, 0) is 83.2 Å². The van der Waals surface area contributed by atoms with Gasteiger partial charge in [0.25, 0.3) is 5.91 Å². The molecule has 0 bridgehead atoms. The Morgan fingerprint density at radius 3 is 2.53 bits per heavy atom. The standard InChI is InChI=1S/C29H36N6O3/c1-8-23-18(3)27(38-33-23)19(4)35(7)29(37)26-22-16-21(36)10-12-25(22)31-28(32-26)20-9-11-24(17(2)15-20)30-13-14-34(5)6/h9-12,15-16,19,30,36H,8,13-14H2,1-7H3. The number of rotatable bonds is 9. The largest absolute Gasteiger partial charge is 0.508 e. The molecule has 0 fully saturated rings. The Balaban J connectivity index is 1.72. The molecule has 2 aromatic carbocycles. The molecule has 9 nitrogen and oxygen atoms in total. The summed E-state index contributed by atoms with van der Waals surface area (Å²) >= 11 is 0. The summed E-state index contributed by atoms with van der Waals surface area (Å²) in [7, 11) is 5.80. The number of phenolic OH excluding ortho intramolecular Hbond substituents is 1. The third-order valence-electron chi connectivity index (χ3n) is 6.91. The van der Waals surface area contributed by atoms with E-state index in [1.807, 2.05) is 60.0 Å². The Morgan fingerprint density at radius 2 is 1.87 bits per heavy atom. The number of carbonyl (C=O) groups excluding carboxylic acids is 1. The van der Waals surface area contributed by atoms with Gasteiger partial charge in [0.05, 0.1) is 17.3 Å². The maximum Gasteiger partial charge on any atom is 0.273 e. The Hall–Kier alpha value is -3.98. The first-order valence-electron chi connectivity index (χ1n) is 12.8. The van der Waals surface area contributed by atoms with Gasteiger partial charge >= 0.3 is 0 Å². The average molecular weight is 517 g/mol. The van der Waals surface area contributed by atoms with Gasteiger partial charge in [-0.1, -0.05) is 12.1 Å². The van der Waals surface area contributed by atoms with Crippen LogP contribution >= 0.6 is 0 Å². The smallest absolute Gasteiger partial charge is 0.273 e. The molecule has 4 aromatic rings. The van der Waals surface area contributed by atoms with Crippen molar-refractivity contribution in [2.24, 2.45) is 0 Å². The maximum atomic E-state index is 13.8. The fourth-order valence-electron chi connectivity index (χ4n) is 4.45. The van der Waals surface area contributed by atoms with Gasteiger partial charge in [-0.3, -0.25) is 4.79 Å². The number of aromatic hydroxyl groups is 1. The van der Waals surface area contributed by atoms with Gasteiger partial charge in [-0.25, -0.2) is 9.97 Å². The zero-order valence-corrected chi connectivity index (χ0v) is 23.2. The quantitative estimate of drug-likeness (QED) is 0.321. The van der Waals surface area contributed by atoms with Crippen LogP contribution in [0.4, 0.5) is 5.69 Å². The van der Waals surface area contributed by atoms with Crippen molar-refractivity contribution in [2.45, 2.75) is 40.2 Å². The van der Waals surface area contributed by atoms with E-state index in [2.05, 4.69) is 15.4 Å². The van der Waals surface area contributed by atoms with E-state index in [1.165, 1.54) is 6.07 Å². The average Bonchev–Trinajstić information content (AvgIpc) is 3.27.